The van der Waals surface area contributed by atoms with E-state index in [-0.39, 0.29) is 24.8 Å². The molecule has 0 aliphatic rings. The van der Waals surface area contributed by atoms with Gasteiger partial charge in [0.25, 0.3) is 5.22 Å². The van der Waals surface area contributed by atoms with Crippen molar-refractivity contribution in [2.24, 2.45) is 10.3 Å². The highest BCUT2D eigenvalue weighted by Gasteiger charge is 1.64. The van der Waals surface area contributed by atoms with Gasteiger partial charge in [0, 0.05) is 5.10 Å². The van der Waals surface area contributed by atoms with Gasteiger partial charge in [-0.1, -0.05) is 5.10 Å². The molecule has 6 heteroatoms. The van der Waals surface area contributed by atoms with Gasteiger partial charge in [0.15, 0.2) is 6.72 Å². The average molecular weight is 157 g/mol. The van der Waals surface area contributed by atoms with Crippen LogP contribution >= 0.6 is 0 Å². The lowest BCUT2D eigenvalue weighted by Crippen LogP contribution is -3.00. The molecule has 2 N–H and O–H groups in total. The largest absolute Gasteiger partial charge is 1.00 e. The van der Waals surface area contributed by atoms with Gasteiger partial charge in [0.1, 0.15) is 0 Å². The zero-order valence-corrected chi connectivity index (χ0v) is 5.58. The molecule has 0 heterocycles. The van der Waals surface area contributed by atoms with Gasteiger partial charge in [-0.15, -0.1) is 0 Å². The summed E-state index contributed by atoms with van der Waals surface area (Å²) in [7, 11) is 0. The van der Waals surface area contributed by atoms with Crippen molar-refractivity contribution in [3.8, 4) is 0 Å². The monoisotopic (exact) mass is 156 g/mol. The van der Waals surface area contributed by atoms with Gasteiger partial charge in [-0.3, -0.25) is 0 Å². The first-order valence-electron chi connectivity index (χ1n) is 1.34. The van der Waals surface area contributed by atoms with Crippen LogP contribution < -0.4 is 35.1 Å². The molecule has 0 aliphatic heterocycles. The molecular formula is C2H6Cl2N4. The van der Waals surface area contributed by atoms with Gasteiger partial charge in [-0.25, -0.2) is 0 Å². The van der Waals surface area contributed by atoms with Gasteiger partial charge < -0.3 is 24.8 Å². The first-order valence-corrected chi connectivity index (χ1v) is 1.34. The highest BCUT2D eigenvalue weighted by Crippen LogP contribution is 1.06. The van der Waals surface area contributed by atoms with E-state index in [0.717, 1.165) is 0 Å². The fourth-order valence-electron chi connectivity index (χ4n) is 0.0707. The highest BCUT2D eigenvalue weighted by atomic mass is 35.5. The van der Waals surface area contributed by atoms with Crippen LogP contribution in [0.5, 0.6) is 0 Å². The van der Waals surface area contributed by atoms with E-state index in [2.05, 4.69) is 34.1 Å². The molecule has 0 aliphatic carbocycles. The van der Waals surface area contributed by atoms with E-state index in [4.69, 9.17) is 0 Å². The lowest BCUT2D eigenvalue weighted by molar-refractivity contribution is -0.681. The number of hydrogen-bond acceptors (Lipinski definition) is 1. The van der Waals surface area contributed by atoms with Crippen molar-refractivity contribution in [2.45, 2.75) is 0 Å². The van der Waals surface area contributed by atoms with Crippen molar-refractivity contribution < 1.29 is 35.1 Å². The minimum atomic E-state index is 0. The molecular weight excluding hydrogens is 151 g/mol. The van der Waals surface area contributed by atoms with Gasteiger partial charge in [0.2, 0.25) is 0 Å². The van der Waals surface area contributed by atoms with Crippen molar-refractivity contribution in [1.29, 1.82) is 0 Å². The molecule has 4 nitrogen and oxygen atoms in total. The minimum absolute atomic E-state index is 0. The van der Waals surface area contributed by atoms with Crippen LogP contribution in [0.3, 0.4) is 0 Å². The molecule has 0 saturated carbocycles. The van der Waals surface area contributed by atoms with E-state index in [0.29, 0.717) is 0 Å². The summed E-state index contributed by atoms with van der Waals surface area (Å²) in [5.74, 6) is 0. The SMILES string of the molecule is C=N[NH+]=N[NH+]=C.[Cl-].[Cl-]. The lowest BCUT2D eigenvalue weighted by atomic mass is 11.7. The van der Waals surface area contributed by atoms with Gasteiger partial charge in [0.05, 0.1) is 11.9 Å². The van der Waals surface area contributed by atoms with Crippen molar-refractivity contribution >= 4 is 13.4 Å². The maximum atomic E-state index is 3.25. The Balaban J connectivity index is -0.000000125. The molecule has 0 bridgehead atoms. The second kappa shape index (κ2) is 16.0. The van der Waals surface area contributed by atoms with Crippen molar-refractivity contribution in [3.05, 3.63) is 0 Å². The maximum absolute atomic E-state index is 3.25. The van der Waals surface area contributed by atoms with Gasteiger partial charge in [-0.2, -0.15) is 0 Å². The third kappa shape index (κ3) is 17.8. The number of rotatable bonds is 2. The zero-order valence-electron chi connectivity index (χ0n) is 4.06. The summed E-state index contributed by atoms with van der Waals surface area (Å²) >= 11 is 0. The molecule has 8 heavy (non-hydrogen) atoms. The number of nitrogens with zero attached hydrogens (tertiary/aromatic N) is 2. The third-order valence-corrected chi connectivity index (χ3v) is 0.200. The third-order valence-electron chi connectivity index (χ3n) is 0.200. The van der Waals surface area contributed by atoms with Gasteiger partial charge in [-0.05, 0) is 0 Å². The summed E-state index contributed by atoms with van der Waals surface area (Å²) in [6, 6.07) is 0. The standard InChI is InChI=1S/C2H4N4.2ClH/c1-3-5-6-4-2;;/h1-2H2;2*1H. The first kappa shape index (κ1) is 15.6. The van der Waals surface area contributed by atoms with Crippen molar-refractivity contribution in [1.82, 2.24) is 0 Å². The van der Waals surface area contributed by atoms with E-state index >= 15 is 0 Å². The Kier molecular flexibility index (Phi) is 31.4. The Morgan fingerprint density at radius 2 is 1.75 bits per heavy atom. The lowest BCUT2D eigenvalue weighted by Gasteiger charge is -1.44. The summed E-state index contributed by atoms with van der Waals surface area (Å²) in [4.78, 5) is 0. The molecule has 48 valence electrons. The molecule has 0 rings (SSSR count). The summed E-state index contributed by atoms with van der Waals surface area (Å²) < 4.78 is 0. The molecule has 0 unspecified atom stereocenters. The van der Waals surface area contributed by atoms with Crippen LogP contribution in [-0.2, 0) is 0 Å². The first-order chi connectivity index (χ1) is 2.91. The highest BCUT2D eigenvalue weighted by molar-refractivity contribution is 5.20. The Bertz CT molecular complexity index is 70.1. The van der Waals surface area contributed by atoms with Crippen LogP contribution in [0.1, 0.15) is 0 Å². The number of nitrogens with one attached hydrogen (secondary N) is 2. The smallest absolute Gasteiger partial charge is 0.293 e. The molecule has 0 spiro atoms. The molecule has 0 aromatic heterocycles. The molecule has 0 radical (unpaired) electrons. The molecule has 0 amide bonds. The van der Waals surface area contributed by atoms with E-state index in [9.17, 15) is 0 Å². The number of hydrogen-bond donors (Lipinski definition) is 2. The normalized spacial score (nSPS) is 6.50. The topological polar surface area (TPSA) is 52.7 Å². The summed E-state index contributed by atoms with van der Waals surface area (Å²) in [6.07, 6.45) is 0. The van der Waals surface area contributed by atoms with E-state index in [1.165, 1.54) is 0 Å². The second-order valence-corrected chi connectivity index (χ2v) is 0.528. The summed E-state index contributed by atoms with van der Waals surface area (Å²) in [6.45, 7) is 6.23. The molecule has 0 aromatic rings. The van der Waals surface area contributed by atoms with Crippen LogP contribution in [0.2, 0.25) is 0 Å². The average Bonchev–Trinajstić information content (AvgIpc) is 1.61. The fourth-order valence-corrected chi connectivity index (χ4v) is 0.0707. The number of halogens is 2. The van der Waals surface area contributed by atoms with Crippen LogP contribution in [0, 0.1) is 0 Å². The Hall–Kier alpha value is -0.480. The van der Waals surface area contributed by atoms with E-state index in [1.807, 2.05) is 0 Å². The minimum Gasteiger partial charge on any atom is -1.00 e. The van der Waals surface area contributed by atoms with E-state index in [1.54, 1.807) is 0 Å². The molecule has 0 fully saturated rings. The Labute approximate surface area is 59.6 Å². The summed E-state index contributed by atoms with van der Waals surface area (Å²) in [5.41, 5.74) is 0. The number of hydrazone groups is 1. The molecule has 0 atom stereocenters. The van der Waals surface area contributed by atoms with Crippen molar-refractivity contribution in [2.75, 3.05) is 0 Å². The van der Waals surface area contributed by atoms with Crippen LogP contribution in [0.15, 0.2) is 10.3 Å². The van der Waals surface area contributed by atoms with Crippen LogP contribution in [0.4, 0.5) is 0 Å². The second-order valence-electron chi connectivity index (χ2n) is 0.528. The Morgan fingerprint density at radius 3 is 1.88 bits per heavy atom. The zero-order chi connectivity index (χ0) is 4.83. The molecule has 0 saturated heterocycles. The Morgan fingerprint density at radius 1 is 1.25 bits per heavy atom. The van der Waals surface area contributed by atoms with Crippen LogP contribution in [0.25, 0.3) is 0 Å². The molecule has 0 aromatic carbocycles. The van der Waals surface area contributed by atoms with Gasteiger partial charge >= 0.3 is 0 Å². The summed E-state index contributed by atoms with van der Waals surface area (Å²) in [5, 5.41) is 10.8. The quantitative estimate of drug-likeness (QED) is 0.227. The predicted octanol–water partition coefficient (Wildman–Crippen LogP) is -9.16. The predicted molar refractivity (Wildman–Crippen MR) is 21.0 cm³/mol. The van der Waals surface area contributed by atoms with E-state index < -0.39 is 0 Å². The van der Waals surface area contributed by atoms with Crippen molar-refractivity contribution in [3.63, 3.8) is 0 Å². The fraction of sp³-hybridized carbons (Fsp3) is 0. The van der Waals surface area contributed by atoms with Crippen LogP contribution in [-0.4, -0.2) is 13.4 Å². The maximum Gasteiger partial charge on any atom is 0.293 e.